The fourth-order valence-corrected chi connectivity index (χ4v) is 1.86. The van der Waals surface area contributed by atoms with Crippen LogP contribution in [-0.2, 0) is 11.2 Å². The van der Waals surface area contributed by atoms with E-state index in [0.717, 1.165) is 23.4 Å². The Hall–Kier alpha value is -2.10. The highest BCUT2D eigenvalue weighted by molar-refractivity contribution is 5.72. The molecule has 2 N–H and O–H groups in total. The number of aryl methyl sites for hydroxylation is 1. The van der Waals surface area contributed by atoms with Gasteiger partial charge in [0, 0.05) is 24.7 Å². The molecule has 1 aromatic heterocycles. The average Bonchev–Trinajstić information content (AvgIpc) is 2.76. The summed E-state index contributed by atoms with van der Waals surface area (Å²) in [5.74, 6) is 0.0127. The first-order valence-corrected chi connectivity index (χ1v) is 6.00. The third-order valence-corrected chi connectivity index (χ3v) is 2.84. The number of H-pyrrole nitrogens is 1. The van der Waals surface area contributed by atoms with Gasteiger partial charge in [0.05, 0.1) is 12.0 Å². The molecule has 4 heteroatoms. The molecule has 0 bridgehead atoms. The first kappa shape index (κ1) is 12.4. The monoisotopic (exact) mass is 243 g/mol. The molecule has 0 aliphatic heterocycles. The highest BCUT2D eigenvalue weighted by atomic mass is 16.1. The lowest BCUT2D eigenvalue weighted by molar-refractivity contribution is -0.118. The van der Waals surface area contributed by atoms with Crippen LogP contribution >= 0.6 is 0 Å². The summed E-state index contributed by atoms with van der Waals surface area (Å²) in [4.78, 5) is 18.1. The minimum Gasteiger partial charge on any atom is -0.356 e. The molecule has 2 aromatic rings. The van der Waals surface area contributed by atoms with Gasteiger partial charge in [0.1, 0.15) is 0 Å². The van der Waals surface area contributed by atoms with Gasteiger partial charge in [-0.05, 0) is 18.9 Å². The molecular weight excluding hydrogens is 226 g/mol. The lowest BCUT2D eigenvalue weighted by atomic mass is 10.1. The van der Waals surface area contributed by atoms with E-state index in [-0.39, 0.29) is 5.91 Å². The first-order chi connectivity index (χ1) is 8.66. The van der Waals surface area contributed by atoms with Crippen molar-refractivity contribution in [2.24, 2.45) is 0 Å². The maximum atomic E-state index is 10.8. The van der Waals surface area contributed by atoms with E-state index < -0.39 is 0 Å². The smallest absolute Gasteiger partial charge is 0.216 e. The number of nitrogens with one attached hydrogen (secondary N) is 2. The molecule has 2 rings (SSSR count). The molecule has 1 amide bonds. The molecule has 0 spiro atoms. The Balaban J connectivity index is 2.02. The highest BCUT2D eigenvalue weighted by Gasteiger charge is 2.04. The maximum Gasteiger partial charge on any atom is 0.216 e. The van der Waals surface area contributed by atoms with Crippen LogP contribution < -0.4 is 5.32 Å². The number of carbonyl (C=O) groups excluding carboxylic acids is 1. The minimum atomic E-state index is 0.0127. The van der Waals surface area contributed by atoms with Crippen molar-refractivity contribution in [3.63, 3.8) is 0 Å². The van der Waals surface area contributed by atoms with Gasteiger partial charge in [0.25, 0.3) is 0 Å². The lowest BCUT2D eigenvalue weighted by Crippen LogP contribution is -2.22. The second-order valence-electron chi connectivity index (χ2n) is 4.31. The van der Waals surface area contributed by atoms with Crippen molar-refractivity contribution in [1.29, 1.82) is 0 Å². The maximum absolute atomic E-state index is 10.8. The van der Waals surface area contributed by atoms with E-state index in [1.165, 1.54) is 12.5 Å². The van der Waals surface area contributed by atoms with Gasteiger partial charge in [-0.2, -0.15) is 0 Å². The summed E-state index contributed by atoms with van der Waals surface area (Å²) in [6.45, 7) is 4.21. The molecule has 0 aliphatic rings. The Morgan fingerprint density at radius 2 is 2.06 bits per heavy atom. The number of amides is 1. The lowest BCUT2D eigenvalue weighted by Gasteiger charge is -2.04. The summed E-state index contributed by atoms with van der Waals surface area (Å²) in [5, 5.41) is 2.79. The number of nitrogens with zero attached hydrogens (tertiary/aromatic N) is 1. The summed E-state index contributed by atoms with van der Waals surface area (Å²) in [6.07, 6.45) is 2.55. The molecule has 94 valence electrons. The molecule has 0 radical (unpaired) electrons. The van der Waals surface area contributed by atoms with E-state index in [2.05, 4.69) is 39.6 Å². The fraction of sp³-hybridized carbons (Fsp3) is 0.286. The van der Waals surface area contributed by atoms with Gasteiger partial charge in [0.2, 0.25) is 5.91 Å². The number of hydrogen-bond donors (Lipinski definition) is 2. The van der Waals surface area contributed by atoms with Crippen LogP contribution in [0.1, 0.15) is 18.2 Å². The number of rotatable bonds is 4. The van der Waals surface area contributed by atoms with Crippen molar-refractivity contribution in [2.45, 2.75) is 20.3 Å². The second-order valence-corrected chi connectivity index (χ2v) is 4.31. The van der Waals surface area contributed by atoms with E-state index >= 15 is 0 Å². The second kappa shape index (κ2) is 5.49. The standard InChI is InChI=1S/C14H17N3O/c1-10-14(17-9-16-10)13-5-3-12(4-6-13)7-8-15-11(2)18/h3-6,9H,7-8H2,1-2H3,(H,15,18)(H,16,17). The summed E-state index contributed by atoms with van der Waals surface area (Å²) in [5.41, 5.74) is 4.38. The normalized spacial score (nSPS) is 10.3. The first-order valence-electron chi connectivity index (χ1n) is 6.00. The zero-order valence-corrected chi connectivity index (χ0v) is 10.7. The Morgan fingerprint density at radius 3 is 2.61 bits per heavy atom. The van der Waals surface area contributed by atoms with Crippen LogP contribution in [0.5, 0.6) is 0 Å². The number of aromatic amines is 1. The number of aromatic nitrogens is 2. The quantitative estimate of drug-likeness (QED) is 0.863. The molecule has 0 saturated heterocycles. The predicted octanol–water partition coefficient (Wildman–Crippen LogP) is 2.06. The van der Waals surface area contributed by atoms with Gasteiger partial charge in [-0.15, -0.1) is 0 Å². The Labute approximate surface area is 106 Å². The molecule has 0 unspecified atom stereocenters. The van der Waals surface area contributed by atoms with Crippen molar-refractivity contribution in [3.05, 3.63) is 41.9 Å². The van der Waals surface area contributed by atoms with Crippen molar-refractivity contribution in [3.8, 4) is 11.3 Å². The molecule has 0 aliphatic carbocycles. The van der Waals surface area contributed by atoms with Crippen molar-refractivity contribution in [2.75, 3.05) is 6.54 Å². The zero-order valence-electron chi connectivity index (χ0n) is 10.7. The summed E-state index contributed by atoms with van der Waals surface area (Å²) >= 11 is 0. The van der Waals surface area contributed by atoms with Gasteiger partial charge >= 0.3 is 0 Å². The molecule has 1 heterocycles. The highest BCUT2D eigenvalue weighted by Crippen LogP contribution is 2.20. The van der Waals surface area contributed by atoms with Crippen LogP contribution in [0.4, 0.5) is 0 Å². The Kier molecular flexibility index (Phi) is 3.77. The summed E-state index contributed by atoms with van der Waals surface area (Å²) < 4.78 is 0. The number of hydrogen-bond acceptors (Lipinski definition) is 2. The van der Waals surface area contributed by atoms with E-state index in [1.54, 1.807) is 6.33 Å². The molecule has 0 saturated carbocycles. The summed E-state index contributed by atoms with van der Waals surface area (Å²) in [7, 11) is 0. The van der Waals surface area contributed by atoms with Gasteiger partial charge < -0.3 is 10.3 Å². The predicted molar refractivity (Wildman–Crippen MR) is 71.1 cm³/mol. The van der Waals surface area contributed by atoms with E-state index in [9.17, 15) is 4.79 Å². The van der Waals surface area contributed by atoms with Gasteiger partial charge in [-0.1, -0.05) is 24.3 Å². The van der Waals surface area contributed by atoms with Gasteiger partial charge in [0.15, 0.2) is 0 Å². The third-order valence-electron chi connectivity index (χ3n) is 2.84. The zero-order chi connectivity index (χ0) is 13.0. The Bertz CT molecular complexity index is 528. The molecule has 0 atom stereocenters. The number of benzene rings is 1. The average molecular weight is 243 g/mol. The van der Waals surface area contributed by atoms with Gasteiger partial charge in [-0.25, -0.2) is 4.98 Å². The SMILES string of the molecule is CC(=O)NCCc1ccc(-c2nc[nH]c2C)cc1. The van der Waals surface area contributed by atoms with E-state index in [4.69, 9.17) is 0 Å². The topological polar surface area (TPSA) is 57.8 Å². The van der Waals surface area contributed by atoms with Crippen molar-refractivity contribution in [1.82, 2.24) is 15.3 Å². The van der Waals surface area contributed by atoms with Crippen LogP contribution in [0.15, 0.2) is 30.6 Å². The fourth-order valence-electron chi connectivity index (χ4n) is 1.86. The molecule has 4 nitrogen and oxygen atoms in total. The number of carbonyl (C=O) groups is 1. The minimum absolute atomic E-state index is 0.0127. The van der Waals surface area contributed by atoms with Crippen molar-refractivity contribution < 1.29 is 4.79 Å². The molecule has 1 aromatic carbocycles. The van der Waals surface area contributed by atoms with Crippen LogP contribution in [0.3, 0.4) is 0 Å². The van der Waals surface area contributed by atoms with E-state index in [0.29, 0.717) is 6.54 Å². The van der Waals surface area contributed by atoms with Crippen LogP contribution in [0.25, 0.3) is 11.3 Å². The van der Waals surface area contributed by atoms with Crippen LogP contribution in [0.2, 0.25) is 0 Å². The molecule has 0 fully saturated rings. The van der Waals surface area contributed by atoms with Crippen molar-refractivity contribution >= 4 is 5.91 Å². The largest absolute Gasteiger partial charge is 0.356 e. The Morgan fingerprint density at radius 1 is 1.33 bits per heavy atom. The van der Waals surface area contributed by atoms with Crippen LogP contribution in [-0.4, -0.2) is 22.4 Å². The molecular formula is C14H17N3O. The van der Waals surface area contributed by atoms with Crippen LogP contribution in [0, 0.1) is 6.92 Å². The molecule has 18 heavy (non-hydrogen) atoms. The van der Waals surface area contributed by atoms with Gasteiger partial charge in [-0.3, -0.25) is 4.79 Å². The third kappa shape index (κ3) is 2.97. The van der Waals surface area contributed by atoms with E-state index in [1.807, 2.05) is 6.92 Å². The summed E-state index contributed by atoms with van der Waals surface area (Å²) in [6, 6.07) is 8.27. The number of imidazole rings is 1.